The minimum Gasteiger partial charge on any atom is -0.379 e. The lowest BCUT2D eigenvalue weighted by Crippen LogP contribution is -2.16. The highest BCUT2D eigenvalue weighted by Gasteiger charge is 2.13. The van der Waals surface area contributed by atoms with E-state index in [4.69, 9.17) is 11.6 Å². The topological polar surface area (TPSA) is 97.2 Å². The van der Waals surface area contributed by atoms with Gasteiger partial charge in [0, 0.05) is 35.0 Å². The first-order valence-corrected chi connectivity index (χ1v) is 9.27. The van der Waals surface area contributed by atoms with Crippen molar-refractivity contribution in [2.24, 2.45) is 0 Å². The molecule has 0 fully saturated rings. The first-order valence-electron chi connectivity index (χ1n) is 8.01. The van der Waals surface area contributed by atoms with Crippen LogP contribution in [0.2, 0.25) is 5.02 Å². The van der Waals surface area contributed by atoms with Crippen molar-refractivity contribution in [1.29, 1.82) is 0 Å². The van der Waals surface area contributed by atoms with Crippen LogP contribution in [0.3, 0.4) is 0 Å². The molecule has 0 aliphatic carbocycles. The maximum Gasteiger partial charge on any atom is 0.292 e. The number of carbonyl (C=O) groups excluding carboxylic acids is 1. The predicted molar refractivity (Wildman–Crippen MR) is 107 cm³/mol. The Morgan fingerprint density at radius 3 is 2.67 bits per heavy atom. The monoisotopic (exact) mass is 402 g/mol. The number of anilines is 2. The number of nitrogens with one attached hydrogen (secondary N) is 2. The number of rotatable bonds is 7. The summed E-state index contributed by atoms with van der Waals surface area (Å²) in [6.45, 7) is 0.270. The van der Waals surface area contributed by atoms with Gasteiger partial charge in [0.15, 0.2) is 5.13 Å². The number of nitrogens with zero attached hydrogens (tertiary/aromatic N) is 2. The molecule has 0 aliphatic heterocycles. The van der Waals surface area contributed by atoms with Crippen LogP contribution >= 0.6 is 22.9 Å². The van der Waals surface area contributed by atoms with E-state index in [-0.39, 0.29) is 24.6 Å². The van der Waals surface area contributed by atoms with Crippen molar-refractivity contribution in [3.63, 3.8) is 0 Å². The third-order valence-electron chi connectivity index (χ3n) is 3.66. The van der Waals surface area contributed by atoms with Gasteiger partial charge in [-0.25, -0.2) is 4.98 Å². The molecule has 0 atom stereocenters. The van der Waals surface area contributed by atoms with Gasteiger partial charge >= 0.3 is 0 Å². The second kappa shape index (κ2) is 8.61. The molecule has 27 heavy (non-hydrogen) atoms. The molecule has 0 saturated heterocycles. The van der Waals surface area contributed by atoms with Crippen molar-refractivity contribution < 1.29 is 9.72 Å². The van der Waals surface area contributed by atoms with Crippen LogP contribution in [0.1, 0.15) is 6.42 Å². The standard InChI is InChI=1S/C18H15ClN4O3S/c19-13-7-5-12(6-8-13)15-11-27-18(21-15)22-17(24)9-10-20-14-3-1-2-4-16(14)23(25)26/h1-8,11,20H,9-10H2,(H,21,22,24). The van der Waals surface area contributed by atoms with E-state index in [9.17, 15) is 14.9 Å². The minimum absolute atomic E-state index is 0.0227. The quantitative estimate of drug-likeness (QED) is 0.436. The van der Waals surface area contributed by atoms with Crippen LogP contribution in [-0.4, -0.2) is 22.4 Å². The number of carbonyl (C=O) groups is 1. The molecule has 9 heteroatoms. The summed E-state index contributed by atoms with van der Waals surface area (Å²) in [5.74, 6) is -0.224. The number of amides is 1. The van der Waals surface area contributed by atoms with E-state index in [0.29, 0.717) is 15.8 Å². The summed E-state index contributed by atoms with van der Waals surface area (Å²) in [5.41, 5.74) is 2.03. The zero-order valence-electron chi connectivity index (χ0n) is 14.0. The molecule has 0 saturated carbocycles. The van der Waals surface area contributed by atoms with Crippen LogP contribution in [0, 0.1) is 10.1 Å². The second-order valence-corrected chi connectivity index (χ2v) is 6.84. The molecule has 1 amide bonds. The Labute approximate surface area is 164 Å². The fraction of sp³-hybridized carbons (Fsp3) is 0.111. The summed E-state index contributed by atoms with van der Waals surface area (Å²) in [5, 5.41) is 19.6. The molecule has 2 aromatic carbocycles. The van der Waals surface area contributed by atoms with Gasteiger partial charge in [-0.2, -0.15) is 0 Å². The lowest BCUT2D eigenvalue weighted by molar-refractivity contribution is -0.384. The van der Waals surface area contributed by atoms with E-state index in [2.05, 4.69) is 15.6 Å². The van der Waals surface area contributed by atoms with Gasteiger partial charge in [0.05, 0.1) is 10.6 Å². The highest BCUT2D eigenvalue weighted by atomic mass is 35.5. The van der Waals surface area contributed by atoms with Crippen molar-refractivity contribution >= 4 is 45.4 Å². The fourth-order valence-corrected chi connectivity index (χ4v) is 3.22. The van der Waals surface area contributed by atoms with Gasteiger partial charge in [0.2, 0.25) is 5.91 Å². The number of hydrogen-bond donors (Lipinski definition) is 2. The van der Waals surface area contributed by atoms with Crippen molar-refractivity contribution in [1.82, 2.24) is 4.98 Å². The molecule has 2 N–H and O–H groups in total. The lowest BCUT2D eigenvalue weighted by Gasteiger charge is -2.06. The van der Waals surface area contributed by atoms with Gasteiger partial charge in [0.1, 0.15) is 5.69 Å². The summed E-state index contributed by atoms with van der Waals surface area (Å²) >= 11 is 7.20. The number of hydrogen-bond acceptors (Lipinski definition) is 6. The molecule has 3 rings (SSSR count). The van der Waals surface area contributed by atoms with Gasteiger partial charge < -0.3 is 10.6 Å². The first-order chi connectivity index (χ1) is 13.0. The molecule has 1 heterocycles. The van der Waals surface area contributed by atoms with Crippen LogP contribution < -0.4 is 10.6 Å². The Hall–Kier alpha value is -2.97. The summed E-state index contributed by atoms with van der Waals surface area (Å²) in [6.07, 6.45) is 0.155. The lowest BCUT2D eigenvalue weighted by atomic mass is 10.2. The molecule has 0 aliphatic rings. The average Bonchev–Trinajstić information content (AvgIpc) is 3.11. The SMILES string of the molecule is O=C(CCNc1ccccc1[N+](=O)[O-])Nc1nc(-c2ccc(Cl)cc2)cs1. The molecular formula is C18H15ClN4O3S. The third kappa shape index (κ3) is 5.02. The molecular weight excluding hydrogens is 388 g/mol. The van der Waals surface area contributed by atoms with E-state index in [0.717, 1.165) is 11.3 Å². The largest absolute Gasteiger partial charge is 0.379 e. The number of nitro groups is 1. The number of para-hydroxylation sites is 2. The zero-order valence-corrected chi connectivity index (χ0v) is 15.6. The van der Waals surface area contributed by atoms with Gasteiger partial charge in [0.25, 0.3) is 5.69 Å². The molecule has 7 nitrogen and oxygen atoms in total. The van der Waals surface area contributed by atoms with Gasteiger partial charge in [-0.15, -0.1) is 11.3 Å². The maximum absolute atomic E-state index is 12.1. The molecule has 0 radical (unpaired) electrons. The predicted octanol–water partition coefficient (Wildman–Crippen LogP) is 4.81. The van der Waals surface area contributed by atoms with Crippen LogP contribution in [0.15, 0.2) is 53.9 Å². The van der Waals surface area contributed by atoms with E-state index in [1.54, 1.807) is 30.3 Å². The van der Waals surface area contributed by atoms with Gasteiger partial charge in [-0.1, -0.05) is 35.9 Å². The smallest absolute Gasteiger partial charge is 0.292 e. The number of halogens is 1. The van der Waals surface area contributed by atoms with Crippen LogP contribution in [0.25, 0.3) is 11.3 Å². The van der Waals surface area contributed by atoms with E-state index < -0.39 is 4.92 Å². The second-order valence-electron chi connectivity index (χ2n) is 5.54. The number of nitro benzene ring substituents is 1. The van der Waals surface area contributed by atoms with E-state index in [1.165, 1.54) is 17.4 Å². The van der Waals surface area contributed by atoms with Crippen LogP contribution in [-0.2, 0) is 4.79 Å². The Kier molecular flexibility index (Phi) is 6.00. The third-order valence-corrected chi connectivity index (χ3v) is 4.67. The zero-order chi connectivity index (χ0) is 19.2. The molecule has 0 spiro atoms. The summed E-state index contributed by atoms with van der Waals surface area (Å²) < 4.78 is 0. The van der Waals surface area contributed by atoms with Gasteiger partial charge in [-0.05, 0) is 18.2 Å². The van der Waals surface area contributed by atoms with Crippen LogP contribution in [0.4, 0.5) is 16.5 Å². The van der Waals surface area contributed by atoms with E-state index in [1.807, 2.05) is 17.5 Å². The Morgan fingerprint density at radius 1 is 1.19 bits per heavy atom. The Balaban J connectivity index is 1.53. The molecule has 0 bridgehead atoms. The Bertz CT molecular complexity index is 959. The first kappa shape index (κ1) is 18.8. The highest BCUT2D eigenvalue weighted by molar-refractivity contribution is 7.14. The number of thiazole rings is 1. The molecule has 138 valence electrons. The highest BCUT2D eigenvalue weighted by Crippen LogP contribution is 2.26. The Morgan fingerprint density at radius 2 is 1.93 bits per heavy atom. The molecule has 3 aromatic rings. The normalized spacial score (nSPS) is 10.4. The summed E-state index contributed by atoms with van der Waals surface area (Å²) in [4.78, 5) is 27.0. The van der Waals surface area contributed by atoms with Crippen molar-refractivity contribution in [2.75, 3.05) is 17.2 Å². The summed E-state index contributed by atoms with van der Waals surface area (Å²) in [7, 11) is 0. The molecule has 1 aromatic heterocycles. The van der Waals surface area contributed by atoms with E-state index >= 15 is 0 Å². The number of aromatic nitrogens is 1. The maximum atomic E-state index is 12.1. The van der Waals surface area contributed by atoms with Crippen molar-refractivity contribution in [3.05, 3.63) is 69.0 Å². The average molecular weight is 403 g/mol. The van der Waals surface area contributed by atoms with Crippen molar-refractivity contribution in [2.45, 2.75) is 6.42 Å². The fourth-order valence-electron chi connectivity index (χ4n) is 2.36. The van der Waals surface area contributed by atoms with Gasteiger partial charge in [-0.3, -0.25) is 14.9 Å². The summed E-state index contributed by atoms with van der Waals surface area (Å²) in [6, 6.07) is 13.6. The van der Waals surface area contributed by atoms with Crippen molar-refractivity contribution in [3.8, 4) is 11.3 Å². The van der Waals surface area contributed by atoms with Crippen LogP contribution in [0.5, 0.6) is 0 Å². The minimum atomic E-state index is -0.462. The molecule has 0 unspecified atom stereocenters. The number of benzene rings is 2.